The summed E-state index contributed by atoms with van der Waals surface area (Å²) in [6.45, 7) is 0.543. The summed E-state index contributed by atoms with van der Waals surface area (Å²) in [5.74, 6) is 1.21. The molecule has 0 radical (unpaired) electrons. The fourth-order valence-corrected chi connectivity index (χ4v) is 4.09. The molecule has 6 nitrogen and oxygen atoms in total. The van der Waals surface area contributed by atoms with Crippen LogP contribution in [0, 0.1) is 0 Å². The Morgan fingerprint density at radius 3 is 2.84 bits per heavy atom. The summed E-state index contributed by atoms with van der Waals surface area (Å²) in [7, 11) is -3.76. The van der Waals surface area contributed by atoms with Crippen LogP contribution in [0.1, 0.15) is 5.56 Å². The molecule has 0 saturated carbocycles. The summed E-state index contributed by atoms with van der Waals surface area (Å²) in [6, 6.07) is 9.54. The molecule has 0 spiro atoms. The standard InChI is InChI=1S/C17H13ClN2O4S/c18-12-2-1-3-14(7-12)25(21,22)20-13-6-11-4-5-23-17(11)15(8-13)16-9-19-10-24-16/h1-3,6-10,20H,4-5H2. The summed E-state index contributed by atoms with van der Waals surface area (Å²) in [5, 5.41) is 0.354. The molecule has 0 aliphatic carbocycles. The van der Waals surface area contributed by atoms with Crippen molar-refractivity contribution in [3.05, 3.63) is 59.6 Å². The smallest absolute Gasteiger partial charge is 0.261 e. The number of anilines is 1. The lowest BCUT2D eigenvalue weighted by Crippen LogP contribution is -2.13. The van der Waals surface area contributed by atoms with Crippen molar-refractivity contribution in [3.63, 3.8) is 0 Å². The molecule has 0 fully saturated rings. The second kappa shape index (κ2) is 6.09. The molecule has 0 unspecified atom stereocenters. The third-order valence-electron chi connectivity index (χ3n) is 3.84. The van der Waals surface area contributed by atoms with Crippen molar-refractivity contribution in [1.29, 1.82) is 0 Å². The maximum atomic E-state index is 12.6. The van der Waals surface area contributed by atoms with Crippen LogP contribution < -0.4 is 9.46 Å². The zero-order chi connectivity index (χ0) is 17.4. The number of benzene rings is 2. The number of oxazole rings is 1. The van der Waals surface area contributed by atoms with E-state index in [-0.39, 0.29) is 4.90 Å². The molecule has 25 heavy (non-hydrogen) atoms. The molecule has 0 saturated heterocycles. The van der Waals surface area contributed by atoms with E-state index >= 15 is 0 Å². The van der Waals surface area contributed by atoms with Crippen LogP contribution >= 0.6 is 11.6 Å². The highest BCUT2D eigenvalue weighted by molar-refractivity contribution is 7.92. The average Bonchev–Trinajstić information content (AvgIpc) is 3.25. The van der Waals surface area contributed by atoms with E-state index in [4.69, 9.17) is 20.8 Å². The SMILES string of the molecule is O=S(=O)(Nc1cc2c(c(-c3cnco3)c1)OCC2)c1cccc(Cl)c1. The fourth-order valence-electron chi connectivity index (χ4n) is 2.75. The van der Waals surface area contributed by atoms with E-state index in [2.05, 4.69) is 9.71 Å². The third kappa shape index (κ3) is 3.08. The van der Waals surface area contributed by atoms with Crippen molar-refractivity contribution in [2.24, 2.45) is 0 Å². The number of hydrogen-bond acceptors (Lipinski definition) is 5. The molecule has 1 N–H and O–H groups in total. The summed E-state index contributed by atoms with van der Waals surface area (Å²) >= 11 is 5.90. The monoisotopic (exact) mass is 376 g/mol. The molecular formula is C17H13ClN2O4S. The second-order valence-electron chi connectivity index (χ2n) is 5.54. The first kappa shape index (κ1) is 16.0. The van der Waals surface area contributed by atoms with Crippen molar-refractivity contribution in [1.82, 2.24) is 4.98 Å². The minimum Gasteiger partial charge on any atom is -0.492 e. The summed E-state index contributed by atoms with van der Waals surface area (Å²) in [6.07, 6.45) is 3.58. The van der Waals surface area contributed by atoms with Crippen molar-refractivity contribution in [2.45, 2.75) is 11.3 Å². The fraction of sp³-hybridized carbons (Fsp3) is 0.118. The zero-order valence-electron chi connectivity index (χ0n) is 12.9. The number of rotatable bonds is 4. The number of sulfonamides is 1. The summed E-state index contributed by atoms with van der Waals surface area (Å²) < 4.78 is 38.8. The van der Waals surface area contributed by atoms with E-state index in [1.165, 1.54) is 18.5 Å². The van der Waals surface area contributed by atoms with Gasteiger partial charge in [-0.15, -0.1) is 0 Å². The molecular weight excluding hydrogens is 364 g/mol. The largest absolute Gasteiger partial charge is 0.492 e. The number of nitrogens with one attached hydrogen (secondary N) is 1. The second-order valence-corrected chi connectivity index (χ2v) is 7.66. The van der Waals surface area contributed by atoms with Gasteiger partial charge in [0.1, 0.15) is 5.75 Å². The molecule has 2 heterocycles. The predicted octanol–water partition coefficient (Wildman–Crippen LogP) is 3.73. The van der Waals surface area contributed by atoms with Gasteiger partial charge in [0, 0.05) is 17.0 Å². The van der Waals surface area contributed by atoms with E-state index in [0.717, 1.165) is 5.56 Å². The Balaban J connectivity index is 1.75. The van der Waals surface area contributed by atoms with Gasteiger partial charge in [0.2, 0.25) is 0 Å². The average molecular weight is 377 g/mol. The zero-order valence-corrected chi connectivity index (χ0v) is 14.5. The van der Waals surface area contributed by atoms with Gasteiger partial charge in [-0.25, -0.2) is 13.4 Å². The molecule has 1 aliphatic heterocycles. The van der Waals surface area contributed by atoms with Gasteiger partial charge >= 0.3 is 0 Å². The Morgan fingerprint density at radius 2 is 2.08 bits per heavy atom. The van der Waals surface area contributed by atoms with E-state index in [0.29, 0.717) is 40.8 Å². The highest BCUT2D eigenvalue weighted by atomic mass is 35.5. The van der Waals surface area contributed by atoms with E-state index in [1.807, 2.05) is 0 Å². The first-order chi connectivity index (χ1) is 12.0. The predicted molar refractivity (Wildman–Crippen MR) is 93.4 cm³/mol. The Labute approximate surface area is 149 Å². The van der Waals surface area contributed by atoms with Gasteiger partial charge in [-0.1, -0.05) is 17.7 Å². The molecule has 2 aromatic carbocycles. The van der Waals surface area contributed by atoms with Crippen LogP contribution in [0.5, 0.6) is 5.75 Å². The molecule has 0 amide bonds. The van der Waals surface area contributed by atoms with Gasteiger partial charge < -0.3 is 9.15 Å². The minimum atomic E-state index is -3.76. The van der Waals surface area contributed by atoms with Gasteiger partial charge in [0.05, 0.1) is 29.0 Å². The molecule has 1 aromatic heterocycles. The number of ether oxygens (including phenoxy) is 1. The summed E-state index contributed by atoms with van der Waals surface area (Å²) in [4.78, 5) is 4.01. The first-order valence-corrected chi connectivity index (χ1v) is 9.36. The van der Waals surface area contributed by atoms with Crippen molar-refractivity contribution in [3.8, 4) is 17.1 Å². The van der Waals surface area contributed by atoms with Crippen LogP contribution in [0.2, 0.25) is 5.02 Å². The van der Waals surface area contributed by atoms with Gasteiger partial charge in [-0.2, -0.15) is 0 Å². The van der Waals surface area contributed by atoms with Crippen LogP contribution in [-0.4, -0.2) is 20.0 Å². The minimum absolute atomic E-state index is 0.0953. The molecule has 8 heteroatoms. The number of fused-ring (bicyclic) bond motifs is 1. The van der Waals surface area contributed by atoms with Crippen LogP contribution in [0.4, 0.5) is 5.69 Å². The Kier molecular flexibility index (Phi) is 3.89. The summed E-state index contributed by atoms with van der Waals surface area (Å²) in [5.41, 5.74) is 2.00. The van der Waals surface area contributed by atoms with Crippen LogP contribution in [0.25, 0.3) is 11.3 Å². The number of halogens is 1. The van der Waals surface area contributed by atoms with Gasteiger partial charge in [-0.05, 0) is 30.3 Å². The van der Waals surface area contributed by atoms with Crippen molar-refractivity contribution < 1.29 is 17.6 Å². The first-order valence-electron chi connectivity index (χ1n) is 7.50. The van der Waals surface area contributed by atoms with Crippen LogP contribution in [0.15, 0.2) is 58.3 Å². The normalized spacial score (nSPS) is 13.3. The van der Waals surface area contributed by atoms with E-state index in [1.54, 1.807) is 30.5 Å². The molecule has 0 bridgehead atoms. The lowest BCUT2D eigenvalue weighted by Gasteiger charge is -2.12. The van der Waals surface area contributed by atoms with E-state index in [9.17, 15) is 8.42 Å². The molecule has 1 aliphatic rings. The Morgan fingerprint density at radius 1 is 1.20 bits per heavy atom. The number of aromatic nitrogens is 1. The van der Waals surface area contributed by atoms with Crippen molar-refractivity contribution in [2.75, 3.05) is 11.3 Å². The quantitative estimate of drug-likeness (QED) is 0.750. The molecule has 3 aromatic rings. The van der Waals surface area contributed by atoms with Gasteiger partial charge in [0.25, 0.3) is 10.0 Å². The maximum Gasteiger partial charge on any atom is 0.261 e. The third-order valence-corrected chi connectivity index (χ3v) is 5.45. The number of hydrogen-bond donors (Lipinski definition) is 1. The topological polar surface area (TPSA) is 81.4 Å². The van der Waals surface area contributed by atoms with Crippen LogP contribution in [0.3, 0.4) is 0 Å². The Hall–Kier alpha value is -2.51. The molecule has 4 rings (SSSR count). The van der Waals surface area contributed by atoms with Crippen LogP contribution in [-0.2, 0) is 16.4 Å². The molecule has 128 valence electrons. The lowest BCUT2D eigenvalue weighted by atomic mass is 10.1. The van der Waals surface area contributed by atoms with Crippen molar-refractivity contribution >= 4 is 27.3 Å². The van der Waals surface area contributed by atoms with Gasteiger partial charge in [-0.3, -0.25) is 4.72 Å². The molecule has 0 atom stereocenters. The van der Waals surface area contributed by atoms with Gasteiger partial charge in [0.15, 0.2) is 12.2 Å². The maximum absolute atomic E-state index is 12.6. The number of nitrogens with zero attached hydrogens (tertiary/aromatic N) is 1. The highest BCUT2D eigenvalue weighted by Crippen LogP contribution is 2.39. The van der Waals surface area contributed by atoms with E-state index < -0.39 is 10.0 Å². The Bertz CT molecular complexity index is 1030. The lowest BCUT2D eigenvalue weighted by molar-refractivity contribution is 0.357. The highest BCUT2D eigenvalue weighted by Gasteiger charge is 2.23.